The van der Waals surface area contributed by atoms with Crippen LogP contribution in [0.5, 0.6) is 5.75 Å². The van der Waals surface area contributed by atoms with Gasteiger partial charge in [-0.1, -0.05) is 17.3 Å². The van der Waals surface area contributed by atoms with Gasteiger partial charge in [-0.25, -0.2) is 0 Å². The van der Waals surface area contributed by atoms with E-state index in [4.69, 9.17) is 4.74 Å². The van der Waals surface area contributed by atoms with Crippen molar-refractivity contribution in [1.82, 2.24) is 25.2 Å². The summed E-state index contributed by atoms with van der Waals surface area (Å²) in [6.07, 6.45) is 4.57. The van der Waals surface area contributed by atoms with Gasteiger partial charge in [0.25, 0.3) is 0 Å². The average molecular weight is 311 g/mol. The molecule has 7 nitrogen and oxygen atoms in total. The highest BCUT2D eigenvalue weighted by Crippen LogP contribution is 2.15. The first-order valence-corrected chi connectivity index (χ1v) is 7.14. The minimum atomic E-state index is -0.891. The predicted molar refractivity (Wildman–Crippen MR) is 84.7 cm³/mol. The van der Waals surface area contributed by atoms with Crippen LogP contribution in [0.15, 0.2) is 48.7 Å². The first-order valence-electron chi connectivity index (χ1n) is 7.14. The maximum atomic E-state index is 9.95. The van der Waals surface area contributed by atoms with Crippen molar-refractivity contribution < 1.29 is 9.84 Å². The maximum Gasteiger partial charge on any atom is 0.206 e. The number of benzene rings is 1. The molecule has 0 spiro atoms. The van der Waals surface area contributed by atoms with E-state index in [-0.39, 0.29) is 5.82 Å². The third kappa shape index (κ3) is 3.64. The van der Waals surface area contributed by atoms with Crippen LogP contribution in [-0.2, 0) is 6.54 Å². The SMILES string of the molecule is COc1ccc(Cn2cccc2C=CC(O)c2nn[nH]n2)cc1. The number of hydrogen-bond acceptors (Lipinski definition) is 5. The fourth-order valence-electron chi connectivity index (χ4n) is 2.22. The largest absolute Gasteiger partial charge is 0.497 e. The molecule has 0 saturated heterocycles. The van der Waals surface area contributed by atoms with Crippen LogP contribution in [0.1, 0.15) is 23.2 Å². The topological polar surface area (TPSA) is 88.9 Å². The minimum absolute atomic E-state index is 0.245. The molecule has 0 saturated carbocycles. The van der Waals surface area contributed by atoms with E-state index < -0.39 is 6.10 Å². The molecule has 1 unspecified atom stereocenters. The molecule has 0 radical (unpaired) electrons. The van der Waals surface area contributed by atoms with Gasteiger partial charge in [0.2, 0.25) is 5.82 Å². The van der Waals surface area contributed by atoms with E-state index in [0.717, 1.165) is 23.6 Å². The molecule has 0 aliphatic heterocycles. The number of nitrogens with one attached hydrogen (secondary N) is 1. The lowest BCUT2D eigenvalue weighted by molar-refractivity contribution is 0.219. The lowest BCUT2D eigenvalue weighted by Gasteiger charge is -2.08. The van der Waals surface area contributed by atoms with Crippen molar-refractivity contribution >= 4 is 6.08 Å². The van der Waals surface area contributed by atoms with Crippen molar-refractivity contribution in [3.8, 4) is 5.75 Å². The number of aliphatic hydroxyl groups excluding tert-OH is 1. The first kappa shape index (κ1) is 15.0. The maximum absolute atomic E-state index is 9.95. The zero-order valence-corrected chi connectivity index (χ0v) is 12.6. The fraction of sp³-hybridized carbons (Fsp3) is 0.188. The van der Waals surface area contributed by atoms with Gasteiger partial charge >= 0.3 is 0 Å². The van der Waals surface area contributed by atoms with Crippen molar-refractivity contribution in [3.63, 3.8) is 0 Å². The first-order chi connectivity index (χ1) is 11.3. The summed E-state index contributed by atoms with van der Waals surface area (Å²) in [4.78, 5) is 0. The third-order valence-electron chi connectivity index (χ3n) is 3.45. The highest BCUT2D eigenvalue weighted by Gasteiger charge is 2.08. The summed E-state index contributed by atoms with van der Waals surface area (Å²) in [5.41, 5.74) is 2.14. The molecule has 2 heterocycles. The van der Waals surface area contributed by atoms with Crippen molar-refractivity contribution in [1.29, 1.82) is 0 Å². The van der Waals surface area contributed by atoms with Crippen molar-refractivity contribution in [2.75, 3.05) is 7.11 Å². The van der Waals surface area contributed by atoms with Crippen LogP contribution in [0.3, 0.4) is 0 Å². The van der Waals surface area contributed by atoms with Gasteiger partial charge < -0.3 is 14.4 Å². The molecular weight excluding hydrogens is 294 g/mol. The normalized spacial score (nSPS) is 12.6. The Bertz CT molecular complexity index is 762. The Kier molecular flexibility index (Phi) is 4.49. The Morgan fingerprint density at radius 1 is 1.30 bits per heavy atom. The summed E-state index contributed by atoms with van der Waals surface area (Å²) in [6.45, 7) is 0.731. The monoisotopic (exact) mass is 311 g/mol. The van der Waals surface area contributed by atoms with Gasteiger partial charge in [0, 0.05) is 18.4 Å². The van der Waals surface area contributed by atoms with Crippen molar-refractivity contribution in [2.24, 2.45) is 0 Å². The molecule has 3 rings (SSSR count). The Labute approximate surface area is 133 Å². The van der Waals surface area contributed by atoms with Crippen LogP contribution >= 0.6 is 0 Å². The molecule has 1 atom stereocenters. The lowest BCUT2D eigenvalue weighted by Crippen LogP contribution is -2.01. The standard InChI is InChI=1S/C16H17N5O2/c1-23-14-7-4-12(5-8-14)11-21-10-2-3-13(21)6-9-15(22)16-17-19-20-18-16/h2-10,15,22H,11H2,1H3,(H,17,18,19,20). The molecule has 7 heteroatoms. The van der Waals surface area contributed by atoms with E-state index in [9.17, 15) is 5.11 Å². The quantitative estimate of drug-likeness (QED) is 0.724. The van der Waals surface area contributed by atoms with Gasteiger partial charge in [-0.15, -0.1) is 10.2 Å². The molecule has 1 aromatic carbocycles. The van der Waals surface area contributed by atoms with Gasteiger partial charge in [-0.3, -0.25) is 0 Å². The van der Waals surface area contributed by atoms with E-state index >= 15 is 0 Å². The summed E-state index contributed by atoms with van der Waals surface area (Å²) < 4.78 is 7.25. The minimum Gasteiger partial charge on any atom is -0.497 e. The number of tetrazole rings is 1. The Morgan fingerprint density at radius 3 is 2.83 bits per heavy atom. The molecular formula is C16H17N5O2. The molecule has 0 bridgehead atoms. The zero-order chi connectivity index (χ0) is 16.1. The number of nitrogens with zero attached hydrogens (tertiary/aromatic N) is 4. The molecule has 3 aromatic rings. The van der Waals surface area contributed by atoms with Gasteiger partial charge in [0.15, 0.2) is 0 Å². The van der Waals surface area contributed by atoms with Crippen LogP contribution in [0.2, 0.25) is 0 Å². The number of H-pyrrole nitrogens is 1. The van der Waals surface area contributed by atoms with Gasteiger partial charge in [-0.2, -0.15) is 5.21 Å². The highest BCUT2D eigenvalue weighted by atomic mass is 16.5. The van der Waals surface area contributed by atoms with Crippen LogP contribution in [0, 0.1) is 0 Å². The second-order valence-corrected chi connectivity index (χ2v) is 4.98. The van der Waals surface area contributed by atoms with Gasteiger partial charge in [0.1, 0.15) is 11.9 Å². The Morgan fingerprint density at radius 2 is 2.13 bits per heavy atom. The zero-order valence-electron chi connectivity index (χ0n) is 12.6. The lowest BCUT2D eigenvalue weighted by atomic mass is 10.2. The second kappa shape index (κ2) is 6.89. The number of aliphatic hydroxyl groups is 1. The smallest absolute Gasteiger partial charge is 0.206 e. The van der Waals surface area contributed by atoms with Crippen LogP contribution in [-0.4, -0.2) is 37.4 Å². The number of aromatic amines is 1. The molecule has 2 N–H and O–H groups in total. The molecule has 0 fully saturated rings. The van der Waals surface area contributed by atoms with E-state index in [1.165, 1.54) is 0 Å². The average Bonchev–Trinajstić information content (AvgIpc) is 3.25. The van der Waals surface area contributed by atoms with Gasteiger partial charge in [-0.05, 0) is 42.0 Å². The molecule has 2 aromatic heterocycles. The van der Waals surface area contributed by atoms with E-state index in [1.807, 2.05) is 48.7 Å². The van der Waals surface area contributed by atoms with E-state index in [0.29, 0.717) is 0 Å². The molecule has 0 aliphatic rings. The molecule has 23 heavy (non-hydrogen) atoms. The van der Waals surface area contributed by atoms with E-state index in [2.05, 4.69) is 25.2 Å². The summed E-state index contributed by atoms with van der Waals surface area (Å²) in [7, 11) is 1.65. The molecule has 0 aliphatic carbocycles. The summed E-state index contributed by atoms with van der Waals surface area (Å²) in [5.74, 6) is 1.08. The fourth-order valence-corrected chi connectivity index (χ4v) is 2.22. The number of ether oxygens (including phenoxy) is 1. The van der Waals surface area contributed by atoms with Crippen molar-refractivity contribution in [3.05, 3.63) is 65.8 Å². The third-order valence-corrected chi connectivity index (χ3v) is 3.45. The van der Waals surface area contributed by atoms with E-state index in [1.54, 1.807) is 13.2 Å². The number of rotatable bonds is 6. The molecule has 0 amide bonds. The number of hydrogen-bond donors (Lipinski definition) is 2. The van der Waals surface area contributed by atoms with Gasteiger partial charge in [0.05, 0.1) is 7.11 Å². The van der Waals surface area contributed by atoms with Crippen LogP contribution < -0.4 is 4.74 Å². The Hall–Kier alpha value is -2.93. The van der Waals surface area contributed by atoms with Crippen molar-refractivity contribution in [2.45, 2.75) is 12.6 Å². The summed E-state index contributed by atoms with van der Waals surface area (Å²) in [5, 5.41) is 23.2. The van der Waals surface area contributed by atoms with Crippen LogP contribution in [0.4, 0.5) is 0 Å². The summed E-state index contributed by atoms with van der Waals surface area (Å²) in [6, 6.07) is 11.9. The number of methoxy groups -OCH3 is 1. The Balaban J connectivity index is 1.71. The molecule has 118 valence electrons. The summed E-state index contributed by atoms with van der Waals surface area (Å²) >= 11 is 0. The van der Waals surface area contributed by atoms with Crippen LogP contribution in [0.25, 0.3) is 6.08 Å². The highest BCUT2D eigenvalue weighted by molar-refractivity contribution is 5.47. The predicted octanol–water partition coefficient (Wildman–Crippen LogP) is 1.80. The second-order valence-electron chi connectivity index (χ2n) is 4.98. The number of aromatic nitrogens is 5.